The molecule has 9 aromatic carbocycles. The van der Waals surface area contributed by atoms with E-state index in [0.29, 0.717) is 0 Å². The van der Waals surface area contributed by atoms with E-state index in [1.165, 1.54) is 0 Å². The molecule has 52 heavy (non-hydrogen) atoms. The fraction of sp³-hybridized carbons (Fsp3) is 0. The molecule has 0 aliphatic heterocycles. The molecule has 2 heterocycles. The number of hydrogen-bond donors (Lipinski definition) is 0. The Bertz CT molecular complexity index is 4670. The van der Waals surface area contributed by atoms with E-state index in [1.807, 2.05) is 0 Å². The van der Waals surface area contributed by atoms with Crippen molar-refractivity contribution in [2.24, 2.45) is 0 Å². The number of para-hydroxylation sites is 1. The van der Waals surface area contributed by atoms with Crippen LogP contribution in [-0.4, -0.2) is 0 Å². The molecule has 2 heteroatoms. The van der Waals surface area contributed by atoms with E-state index in [2.05, 4.69) is 0 Å². The lowest BCUT2D eigenvalue weighted by atomic mass is 9.85. The molecule has 0 fully saturated rings. The minimum atomic E-state index is -0.994. The van der Waals surface area contributed by atoms with Crippen LogP contribution in [0.4, 0.5) is 0 Å². The van der Waals surface area contributed by atoms with Crippen LogP contribution in [0.2, 0.25) is 0 Å². The molecule has 2 aromatic heterocycles. The van der Waals surface area contributed by atoms with Gasteiger partial charge in [-0.25, -0.2) is 0 Å². The summed E-state index contributed by atoms with van der Waals surface area (Å²) < 4.78 is 265. The second-order valence-electron chi connectivity index (χ2n) is 11.4. The zero-order valence-electron chi connectivity index (χ0n) is 54.0. The van der Waals surface area contributed by atoms with Crippen molar-refractivity contribution in [1.82, 2.24) is 0 Å². The zero-order chi connectivity index (χ0) is 58.5. The summed E-state index contributed by atoms with van der Waals surface area (Å²) in [6.07, 6.45) is 0. The highest BCUT2D eigenvalue weighted by molar-refractivity contribution is 6.29. The van der Waals surface area contributed by atoms with Gasteiger partial charge in [0.25, 0.3) is 0 Å². The van der Waals surface area contributed by atoms with Crippen LogP contribution in [0, 0.1) is 0 Å². The lowest BCUT2D eigenvalue weighted by Crippen LogP contribution is -1.91. The third-order valence-electron chi connectivity index (χ3n) is 8.74. The summed E-state index contributed by atoms with van der Waals surface area (Å²) in [5, 5.41) is -4.91. The highest BCUT2D eigenvalue weighted by Crippen LogP contribution is 2.52. The predicted molar refractivity (Wildman–Crippen MR) is 218 cm³/mol. The van der Waals surface area contributed by atoms with Crippen molar-refractivity contribution in [3.05, 3.63) is 181 Å². The molecule has 0 aliphatic rings. The van der Waals surface area contributed by atoms with Crippen molar-refractivity contribution < 1.29 is 47.2 Å². The second kappa shape index (κ2) is 11.3. The Labute approximate surface area is 339 Å². The molecule has 0 aliphatic carbocycles. The average molecular weight is 691 g/mol. The first kappa shape index (κ1) is 12.7. The predicted octanol–water partition coefficient (Wildman–Crippen LogP) is 14.5. The first-order chi connectivity index (χ1) is 37.4. The molecule has 0 spiro atoms. The number of benzene rings is 9. The number of rotatable bonds is 4. The minimum absolute atomic E-state index is 0.326. The maximum Gasteiger partial charge on any atom is 0.147 e. The van der Waals surface area contributed by atoms with Gasteiger partial charge in [-0.3, -0.25) is 0 Å². The summed E-state index contributed by atoms with van der Waals surface area (Å²) in [5.74, 6) is -0.667. The van der Waals surface area contributed by atoms with Crippen LogP contribution in [0.25, 0.3) is 110 Å². The van der Waals surface area contributed by atoms with Crippen molar-refractivity contribution in [2.75, 3.05) is 0 Å². The van der Waals surface area contributed by atoms with Crippen molar-refractivity contribution in [2.45, 2.75) is 0 Å². The zero-order valence-corrected chi connectivity index (χ0v) is 26.0. The van der Waals surface area contributed by atoms with Crippen LogP contribution >= 0.6 is 0 Å². The Morgan fingerprint density at radius 3 is 1.54 bits per heavy atom. The highest BCUT2D eigenvalue weighted by Gasteiger charge is 2.28. The van der Waals surface area contributed by atoms with Crippen molar-refractivity contribution in [3.8, 4) is 44.7 Å². The standard InChI is InChI=1S/C50H30O2/c1-3-16-32(17-4-1)44-37-22-9-11-24-39(37)46(40-25-12-10-23-38(40)44)47-49-41(36-21-13-14-26-43(36)51-49)30-42-45(33-18-5-2-6-19-33)48(52-50(42)47)35-28-27-31-15-7-8-20-34(31)29-35/h1-30H/i1D,2D,3D,4D,5D,6D,7D,8D,9D,10D,11D,12D,13D,14D,15D,16D,17D,18D,19D,20D,21D,22D,23D,24D,25D,26D,27D,29D. The van der Waals surface area contributed by atoms with E-state index in [1.54, 1.807) is 0 Å². The van der Waals surface area contributed by atoms with E-state index in [-0.39, 0.29) is 5.39 Å². The van der Waals surface area contributed by atoms with Gasteiger partial charge in [-0.15, -0.1) is 0 Å². The topological polar surface area (TPSA) is 26.3 Å². The summed E-state index contributed by atoms with van der Waals surface area (Å²) in [6, 6.07) is -22.6. The van der Waals surface area contributed by atoms with Gasteiger partial charge in [-0.2, -0.15) is 0 Å². The lowest BCUT2D eigenvalue weighted by Gasteiger charge is -2.18. The fourth-order valence-corrected chi connectivity index (χ4v) is 6.67. The lowest BCUT2D eigenvalue weighted by molar-refractivity contribution is 0.630. The Balaban J connectivity index is 1.54. The quantitative estimate of drug-likeness (QED) is 0.172. The molecule has 0 atom stereocenters. The molecule has 0 amide bonds. The fourth-order valence-electron chi connectivity index (χ4n) is 6.67. The summed E-state index contributed by atoms with van der Waals surface area (Å²) >= 11 is 0. The van der Waals surface area contributed by atoms with Crippen LogP contribution in [0.15, 0.2) is 190 Å². The van der Waals surface area contributed by atoms with E-state index in [0.717, 1.165) is 12.1 Å². The Morgan fingerprint density at radius 1 is 0.346 bits per heavy atom. The monoisotopic (exact) mass is 690 g/mol. The van der Waals surface area contributed by atoms with Gasteiger partial charge in [-0.05, 0) is 67.2 Å². The van der Waals surface area contributed by atoms with Crippen LogP contribution in [0.5, 0.6) is 0 Å². The molecule has 2 nitrogen and oxygen atoms in total. The molecule has 0 bridgehead atoms. The molecule has 0 unspecified atom stereocenters. The molecular weight excluding hydrogens is 633 g/mol. The Morgan fingerprint density at radius 2 is 0.865 bits per heavy atom. The van der Waals surface area contributed by atoms with Gasteiger partial charge in [-0.1, -0.05) is 163 Å². The molecule has 0 saturated heterocycles. The smallest absolute Gasteiger partial charge is 0.147 e. The van der Waals surface area contributed by atoms with Crippen molar-refractivity contribution >= 4 is 65.2 Å². The van der Waals surface area contributed by atoms with Gasteiger partial charge in [0.2, 0.25) is 0 Å². The van der Waals surface area contributed by atoms with Gasteiger partial charge in [0, 0.05) is 32.8 Å². The molecule has 0 N–H and O–H groups in total. The molecule has 11 aromatic rings. The van der Waals surface area contributed by atoms with Crippen LogP contribution in [-0.2, 0) is 0 Å². The van der Waals surface area contributed by atoms with Gasteiger partial charge < -0.3 is 8.83 Å². The van der Waals surface area contributed by atoms with Gasteiger partial charge in [0.1, 0.15) is 22.5 Å². The first-order valence-corrected chi connectivity index (χ1v) is 15.5. The number of hydrogen-bond acceptors (Lipinski definition) is 2. The molecule has 11 rings (SSSR count). The molecule has 242 valence electrons. The second-order valence-corrected chi connectivity index (χ2v) is 11.4. The summed E-state index contributed by atoms with van der Waals surface area (Å²) in [4.78, 5) is 0. The molecular formula is C50H30O2. The maximum atomic E-state index is 9.71. The van der Waals surface area contributed by atoms with E-state index in [4.69, 9.17) is 36.2 Å². The minimum Gasteiger partial charge on any atom is -0.455 e. The van der Waals surface area contributed by atoms with Gasteiger partial charge in [0.05, 0.1) is 43.9 Å². The normalized spacial score (nSPS) is 19.4. The van der Waals surface area contributed by atoms with E-state index in [9.17, 15) is 11.0 Å². The first-order valence-electron chi connectivity index (χ1n) is 29.5. The largest absolute Gasteiger partial charge is 0.455 e. The SMILES string of the molecule is [2H]c1c([2H])c([2H])c(-c2c(-c3cc([2H])c4c([2H])c([2H])c([2H])c([2H])c4c3[2H])oc3c(-c4c5c([2H])c([2H])c([2H])c([2H])c5c(-c5c([2H])c([2H])c([2H])c([2H])c5[2H])c5c([2H])c([2H])c([2H])c([2H])c45)c4oc5c([2H])c([2H])c([2H])c([2H])c5c4cc23)c([2H])c1[2H]. The third kappa shape index (κ3) is 4.25. The summed E-state index contributed by atoms with van der Waals surface area (Å²) in [6.45, 7) is 0. The van der Waals surface area contributed by atoms with Gasteiger partial charge >= 0.3 is 0 Å². The summed E-state index contributed by atoms with van der Waals surface area (Å²) in [5.41, 5.74) is -6.24. The molecule has 0 radical (unpaired) electrons. The number of furan rings is 2. The summed E-state index contributed by atoms with van der Waals surface area (Å²) in [7, 11) is 0. The average Bonchev–Trinajstić information content (AvgIpc) is 3.75. The maximum absolute atomic E-state index is 9.71. The van der Waals surface area contributed by atoms with E-state index < -0.39 is 274 Å². The van der Waals surface area contributed by atoms with Crippen LogP contribution < -0.4 is 0 Å². The van der Waals surface area contributed by atoms with E-state index >= 15 is 0 Å². The molecule has 0 saturated carbocycles. The third-order valence-corrected chi connectivity index (χ3v) is 8.74. The number of fused-ring (bicyclic) bond motifs is 7. The van der Waals surface area contributed by atoms with Gasteiger partial charge in [0.15, 0.2) is 0 Å². The van der Waals surface area contributed by atoms with Crippen LogP contribution in [0.3, 0.4) is 0 Å². The van der Waals surface area contributed by atoms with Crippen molar-refractivity contribution in [3.63, 3.8) is 0 Å². The Kier molecular flexibility index (Phi) is 2.76. The highest BCUT2D eigenvalue weighted by atomic mass is 16.3. The Hall–Kier alpha value is -6.90. The van der Waals surface area contributed by atoms with Crippen molar-refractivity contribution in [1.29, 1.82) is 0 Å². The van der Waals surface area contributed by atoms with Crippen LogP contribution in [0.1, 0.15) is 38.4 Å².